The van der Waals surface area contributed by atoms with Gasteiger partial charge < -0.3 is 10.1 Å². The number of thiocarbonyl (C=S) groups is 1. The maximum atomic E-state index is 12.5. The van der Waals surface area contributed by atoms with Crippen LogP contribution in [0.2, 0.25) is 0 Å². The second-order valence-corrected chi connectivity index (χ2v) is 5.87. The Kier molecular flexibility index (Phi) is 6.62. The van der Waals surface area contributed by atoms with Crippen LogP contribution >= 0.6 is 12.2 Å². The van der Waals surface area contributed by atoms with Crippen molar-refractivity contribution >= 4 is 34.6 Å². The number of benzene rings is 2. The third-order valence-electron chi connectivity index (χ3n) is 3.57. The summed E-state index contributed by atoms with van der Waals surface area (Å²) >= 11 is 5.16. The summed E-state index contributed by atoms with van der Waals surface area (Å²) in [5, 5.41) is 16.4. The summed E-state index contributed by atoms with van der Waals surface area (Å²) in [6, 6.07) is 11.5. The number of amides is 1. The fourth-order valence-electron chi connectivity index (χ4n) is 2.27. The maximum absolute atomic E-state index is 12.5. The minimum Gasteiger partial charge on any atom is -0.493 e. The number of rotatable bonds is 6. The average Bonchev–Trinajstić information content (AvgIpc) is 2.61. The first kappa shape index (κ1) is 19.3. The number of hydrogen-bond donors (Lipinski definition) is 2. The number of carbonyl (C=O) groups excluding carboxylic acids is 1. The molecular weight excluding hydrogens is 354 g/mol. The largest absolute Gasteiger partial charge is 0.493 e. The van der Waals surface area contributed by atoms with Crippen molar-refractivity contribution in [2.24, 2.45) is 0 Å². The summed E-state index contributed by atoms with van der Waals surface area (Å²) in [6.07, 6.45) is 0.821. The van der Waals surface area contributed by atoms with E-state index in [1.807, 2.05) is 6.92 Å². The molecule has 0 aliphatic carbocycles. The summed E-state index contributed by atoms with van der Waals surface area (Å²) < 4.78 is 5.57. The SMILES string of the molecule is CCCOc1ccccc1C(=O)NC(=S)Nc1cccc([N+](=O)[O-])c1C. The highest BCUT2D eigenvalue weighted by Crippen LogP contribution is 2.25. The Hall–Kier alpha value is -3.00. The number of nitro groups is 1. The van der Waals surface area contributed by atoms with Crippen LogP contribution in [0.3, 0.4) is 0 Å². The Labute approximate surface area is 156 Å². The predicted molar refractivity (Wildman–Crippen MR) is 104 cm³/mol. The van der Waals surface area contributed by atoms with Gasteiger partial charge in [-0.25, -0.2) is 0 Å². The molecule has 0 spiro atoms. The summed E-state index contributed by atoms with van der Waals surface area (Å²) in [6.45, 7) is 4.09. The van der Waals surface area contributed by atoms with Gasteiger partial charge in [0.15, 0.2) is 5.11 Å². The fourth-order valence-corrected chi connectivity index (χ4v) is 2.48. The van der Waals surface area contributed by atoms with E-state index in [-0.39, 0.29) is 10.8 Å². The summed E-state index contributed by atoms with van der Waals surface area (Å²) in [4.78, 5) is 23.0. The van der Waals surface area contributed by atoms with Crippen LogP contribution in [-0.4, -0.2) is 22.5 Å². The Morgan fingerprint density at radius 1 is 1.23 bits per heavy atom. The molecule has 0 unspecified atom stereocenters. The zero-order chi connectivity index (χ0) is 19.1. The number of hydrogen-bond acceptors (Lipinski definition) is 5. The lowest BCUT2D eigenvalue weighted by molar-refractivity contribution is -0.385. The summed E-state index contributed by atoms with van der Waals surface area (Å²) in [5.41, 5.74) is 1.23. The van der Waals surface area contributed by atoms with E-state index in [9.17, 15) is 14.9 Å². The summed E-state index contributed by atoms with van der Waals surface area (Å²) in [5.74, 6) is 0.0541. The van der Waals surface area contributed by atoms with Gasteiger partial charge in [0.1, 0.15) is 5.75 Å². The van der Waals surface area contributed by atoms with Crippen LogP contribution < -0.4 is 15.4 Å². The van der Waals surface area contributed by atoms with Crippen LogP contribution in [-0.2, 0) is 0 Å². The van der Waals surface area contributed by atoms with Crippen molar-refractivity contribution in [2.45, 2.75) is 20.3 Å². The van der Waals surface area contributed by atoms with E-state index in [1.165, 1.54) is 6.07 Å². The topological polar surface area (TPSA) is 93.5 Å². The molecule has 0 aliphatic rings. The molecule has 2 rings (SSSR count). The van der Waals surface area contributed by atoms with Gasteiger partial charge in [0.2, 0.25) is 0 Å². The van der Waals surface area contributed by atoms with Gasteiger partial charge in [-0.05, 0) is 43.8 Å². The first-order chi connectivity index (χ1) is 12.4. The second kappa shape index (κ2) is 8.91. The highest BCUT2D eigenvalue weighted by Gasteiger charge is 2.16. The lowest BCUT2D eigenvalue weighted by atomic mass is 10.1. The van der Waals surface area contributed by atoms with E-state index in [0.717, 1.165) is 6.42 Å². The molecule has 2 aromatic carbocycles. The van der Waals surface area contributed by atoms with Crippen LogP contribution in [0.25, 0.3) is 0 Å². The molecule has 0 aliphatic heterocycles. The molecular formula is C18H19N3O4S. The van der Waals surface area contributed by atoms with Gasteiger partial charge in [0, 0.05) is 6.07 Å². The number of nitro benzene ring substituents is 1. The minimum absolute atomic E-state index is 0.0255. The van der Waals surface area contributed by atoms with Crippen LogP contribution in [0.4, 0.5) is 11.4 Å². The normalized spacial score (nSPS) is 10.1. The molecule has 0 heterocycles. The second-order valence-electron chi connectivity index (χ2n) is 5.46. The standard InChI is InChI=1S/C18H19N3O4S/c1-3-11-25-16-10-5-4-7-13(16)17(22)20-18(26)19-14-8-6-9-15(12(14)2)21(23)24/h4-10H,3,11H2,1-2H3,(H2,19,20,22,26). The van der Waals surface area contributed by atoms with Crippen LogP contribution in [0, 0.1) is 17.0 Å². The molecule has 0 radical (unpaired) electrons. The lowest BCUT2D eigenvalue weighted by Gasteiger charge is -2.13. The van der Waals surface area contributed by atoms with E-state index in [1.54, 1.807) is 43.3 Å². The fraction of sp³-hybridized carbons (Fsp3) is 0.222. The first-order valence-corrected chi connectivity index (χ1v) is 8.43. The number of ether oxygens (including phenoxy) is 1. The number of para-hydroxylation sites is 1. The molecule has 7 nitrogen and oxygen atoms in total. The molecule has 0 saturated heterocycles. The van der Waals surface area contributed by atoms with Crippen molar-refractivity contribution in [3.8, 4) is 5.75 Å². The van der Waals surface area contributed by atoms with Gasteiger partial charge in [0.05, 0.1) is 28.3 Å². The monoisotopic (exact) mass is 373 g/mol. The Balaban J connectivity index is 2.10. The maximum Gasteiger partial charge on any atom is 0.274 e. The molecule has 0 fully saturated rings. The molecule has 2 aromatic rings. The number of nitrogens with zero attached hydrogens (tertiary/aromatic N) is 1. The quantitative estimate of drug-likeness (QED) is 0.454. The zero-order valence-corrected chi connectivity index (χ0v) is 15.3. The van der Waals surface area contributed by atoms with Crippen LogP contribution in [0.15, 0.2) is 42.5 Å². The van der Waals surface area contributed by atoms with E-state index in [2.05, 4.69) is 10.6 Å². The number of nitrogens with one attached hydrogen (secondary N) is 2. The lowest BCUT2D eigenvalue weighted by Crippen LogP contribution is -2.34. The molecule has 2 N–H and O–H groups in total. The first-order valence-electron chi connectivity index (χ1n) is 8.02. The molecule has 0 bridgehead atoms. The summed E-state index contributed by atoms with van der Waals surface area (Å²) in [7, 11) is 0. The average molecular weight is 373 g/mol. The molecule has 8 heteroatoms. The smallest absolute Gasteiger partial charge is 0.274 e. The van der Waals surface area contributed by atoms with Crippen molar-refractivity contribution in [2.75, 3.05) is 11.9 Å². The van der Waals surface area contributed by atoms with Crippen molar-refractivity contribution in [3.63, 3.8) is 0 Å². The van der Waals surface area contributed by atoms with E-state index < -0.39 is 10.8 Å². The zero-order valence-electron chi connectivity index (χ0n) is 14.4. The van der Waals surface area contributed by atoms with Gasteiger partial charge >= 0.3 is 0 Å². The Bertz CT molecular complexity index is 839. The molecule has 0 atom stereocenters. The highest BCUT2D eigenvalue weighted by molar-refractivity contribution is 7.80. The third kappa shape index (κ3) is 4.76. The van der Waals surface area contributed by atoms with Crippen molar-refractivity contribution < 1.29 is 14.5 Å². The molecule has 0 saturated carbocycles. The Morgan fingerprint density at radius 3 is 2.65 bits per heavy atom. The minimum atomic E-state index is -0.469. The molecule has 0 aromatic heterocycles. The van der Waals surface area contributed by atoms with Crippen molar-refractivity contribution in [3.05, 3.63) is 63.7 Å². The number of anilines is 1. The van der Waals surface area contributed by atoms with Crippen LogP contribution in [0.1, 0.15) is 29.3 Å². The molecule has 26 heavy (non-hydrogen) atoms. The Morgan fingerprint density at radius 2 is 1.96 bits per heavy atom. The van der Waals surface area contributed by atoms with Gasteiger partial charge in [-0.2, -0.15) is 0 Å². The predicted octanol–water partition coefficient (Wildman–Crippen LogP) is 3.82. The highest BCUT2D eigenvalue weighted by atomic mass is 32.1. The van der Waals surface area contributed by atoms with Gasteiger partial charge in [-0.3, -0.25) is 20.2 Å². The van der Waals surface area contributed by atoms with E-state index in [4.69, 9.17) is 17.0 Å². The van der Waals surface area contributed by atoms with Crippen molar-refractivity contribution in [1.29, 1.82) is 0 Å². The third-order valence-corrected chi connectivity index (χ3v) is 3.77. The van der Waals surface area contributed by atoms with Crippen LogP contribution in [0.5, 0.6) is 5.75 Å². The number of carbonyl (C=O) groups is 1. The van der Waals surface area contributed by atoms with Crippen molar-refractivity contribution in [1.82, 2.24) is 5.32 Å². The van der Waals surface area contributed by atoms with Gasteiger partial charge in [0.25, 0.3) is 11.6 Å². The van der Waals surface area contributed by atoms with E-state index >= 15 is 0 Å². The van der Waals surface area contributed by atoms with E-state index in [0.29, 0.717) is 29.2 Å². The van der Waals surface area contributed by atoms with Gasteiger partial charge in [-0.1, -0.05) is 25.1 Å². The molecule has 1 amide bonds. The van der Waals surface area contributed by atoms with Gasteiger partial charge in [-0.15, -0.1) is 0 Å². The molecule has 136 valence electrons.